The summed E-state index contributed by atoms with van der Waals surface area (Å²) in [5.41, 5.74) is -0.663. The Morgan fingerprint density at radius 1 is 1.24 bits per heavy atom. The Morgan fingerprint density at radius 2 is 2.07 bits per heavy atom. The summed E-state index contributed by atoms with van der Waals surface area (Å²) in [4.78, 5) is 16.9. The van der Waals surface area contributed by atoms with E-state index in [1.807, 2.05) is 6.92 Å². The van der Waals surface area contributed by atoms with Gasteiger partial charge in [0.1, 0.15) is 5.01 Å². The molecule has 0 amide bonds. The molecule has 4 rings (SSSR count). The van der Waals surface area contributed by atoms with E-state index in [2.05, 4.69) is 20.5 Å². The number of anilines is 1. The molecule has 0 bridgehead atoms. The first-order valence-electron chi connectivity index (χ1n) is 8.69. The molecule has 1 aromatic carbocycles. The van der Waals surface area contributed by atoms with E-state index in [1.165, 1.54) is 44.9 Å². The third-order valence-electron chi connectivity index (χ3n) is 4.18. The molecule has 0 radical (unpaired) electrons. The predicted octanol–water partition coefficient (Wildman–Crippen LogP) is 3.53. The van der Waals surface area contributed by atoms with Gasteiger partial charge in [0.05, 0.1) is 23.5 Å². The predicted molar refractivity (Wildman–Crippen MR) is 102 cm³/mol. The van der Waals surface area contributed by atoms with Crippen LogP contribution in [0.2, 0.25) is 0 Å². The van der Waals surface area contributed by atoms with E-state index >= 15 is 0 Å². The summed E-state index contributed by atoms with van der Waals surface area (Å²) in [5.74, 6) is 0. The van der Waals surface area contributed by atoms with E-state index in [4.69, 9.17) is 0 Å². The van der Waals surface area contributed by atoms with Gasteiger partial charge in [-0.1, -0.05) is 18.3 Å². The monoisotopic (exact) mass is 420 g/mol. The maximum atomic E-state index is 13.6. The SMILES string of the molecule is CCc1nn2c(=O)cc(CNc3ccc(-n4cccn4)cc3C(F)(F)F)nc2s1. The molecule has 0 atom stereocenters. The zero-order valence-electron chi connectivity index (χ0n) is 15.1. The number of aromatic nitrogens is 5. The summed E-state index contributed by atoms with van der Waals surface area (Å²) in [5, 5.41) is 11.6. The molecule has 11 heteroatoms. The van der Waals surface area contributed by atoms with E-state index in [1.54, 1.807) is 12.3 Å². The standard InChI is InChI=1S/C18H15F3N6OS/c1-2-15-25-27-16(28)8-11(24-17(27)29-15)10-22-14-5-4-12(26-7-3-6-23-26)9-13(14)18(19,20)21/h3-9,22H,2,10H2,1H3. The first kappa shape index (κ1) is 19.1. The van der Waals surface area contributed by atoms with Crippen molar-refractivity contribution in [1.29, 1.82) is 0 Å². The molecule has 0 spiro atoms. The van der Waals surface area contributed by atoms with E-state index < -0.39 is 11.7 Å². The second kappa shape index (κ2) is 7.32. The minimum Gasteiger partial charge on any atom is -0.379 e. The third kappa shape index (κ3) is 3.86. The number of nitrogens with zero attached hydrogens (tertiary/aromatic N) is 5. The lowest BCUT2D eigenvalue weighted by atomic mass is 10.1. The third-order valence-corrected chi connectivity index (χ3v) is 5.23. The Balaban J connectivity index is 1.64. The van der Waals surface area contributed by atoms with Crippen LogP contribution in [0, 0.1) is 0 Å². The van der Waals surface area contributed by atoms with Gasteiger partial charge in [0, 0.05) is 24.1 Å². The van der Waals surface area contributed by atoms with Gasteiger partial charge < -0.3 is 5.32 Å². The van der Waals surface area contributed by atoms with E-state index in [-0.39, 0.29) is 17.8 Å². The minimum atomic E-state index is -4.56. The zero-order chi connectivity index (χ0) is 20.6. The van der Waals surface area contributed by atoms with Gasteiger partial charge in [-0.15, -0.1) is 0 Å². The highest BCUT2D eigenvalue weighted by Gasteiger charge is 2.34. The van der Waals surface area contributed by atoms with Crippen LogP contribution in [0.4, 0.5) is 18.9 Å². The molecule has 150 valence electrons. The largest absolute Gasteiger partial charge is 0.418 e. The summed E-state index contributed by atoms with van der Waals surface area (Å²) in [6, 6.07) is 6.80. The molecule has 0 aliphatic heterocycles. The number of halogens is 3. The Hall–Kier alpha value is -3.21. The van der Waals surface area contributed by atoms with Gasteiger partial charge >= 0.3 is 6.18 Å². The molecule has 0 aliphatic rings. The number of hydrogen-bond donors (Lipinski definition) is 1. The average molecular weight is 420 g/mol. The van der Waals surface area contributed by atoms with Crippen LogP contribution in [0.5, 0.6) is 0 Å². The van der Waals surface area contributed by atoms with Crippen LogP contribution >= 0.6 is 11.3 Å². The molecule has 0 aliphatic carbocycles. The fourth-order valence-electron chi connectivity index (χ4n) is 2.80. The van der Waals surface area contributed by atoms with Crippen LogP contribution < -0.4 is 10.9 Å². The van der Waals surface area contributed by atoms with Crippen LogP contribution in [0.3, 0.4) is 0 Å². The van der Waals surface area contributed by atoms with Gasteiger partial charge in [-0.3, -0.25) is 4.79 Å². The van der Waals surface area contributed by atoms with Crippen molar-refractivity contribution in [3.05, 3.63) is 69.3 Å². The quantitative estimate of drug-likeness (QED) is 0.535. The molecular formula is C18H15F3N6OS. The lowest BCUT2D eigenvalue weighted by molar-refractivity contribution is -0.137. The summed E-state index contributed by atoms with van der Waals surface area (Å²) < 4.78 is 43.2. The Kier molecular flexibility index (Phi) is 4.82. The average Bonchev–Trinajstić information content (AvgIpc) is 3.35. The first-order chi connectivity index (χ1) is 13.8. The van der Waals surface area contributed by atoms with E-state index in [0.29, 0.717) is 22.8 Å². The lowest BCUT2D eigenvalue weighted by Crippen LogP contribution is -2.17. The molecule has 0 saturated carbocycles. The Labute approximate surface area is 166 Å². The van der Waals surface area contributed by atoms with Crippen LogP contribution in [-0.2, 0) is 19.1 Å². The van der Waals surface area contributed by atoms with Crippen molar-refractivity contribution in [3.8, 4) is 5.69 Å². The van der Waals surface area contributed by atoms with E-state index in [9.17, 15) is 18.0 Å². The number of benzene rings is 1. The molecule has 3 aromatic heterocycles. The molecule has 29 heavy (non-hydrogen) atoms. The van der Waals surface area contributed by atoms with Crippen molar-refractivity contribution in [1.82, 2.24) is 24.4 Å². The number of hydrogen-bond acceptors (Lipinski definition) is 6. The highest BCUT2D eigenvalue weighted by atomic mass is 32.1. The summed E-state index contributed by atoms with van der Waals surface area (Å²) in [7, 11) is 0. The second-order valence-electron chi connectivity index (χ2n) is 6.16. The minimum absolute atomic E-state index is 0.0324. The molecular weight excluding hydrogens is 405 g/mol. The molecule has 0 fully saturated rings. The van der Waals surface area contributed by atoms with Gasteiger partial charge in [0.25, 0.3) is 5.56 Å². The van der Waals surface area contributed by atoms with Crippen LogP contribution in [0.15, 0.2) is 47.5 Å². The number of fused-ring (bicyclic) bond motifs is 1. The van der Waals surface area contributed by atoms with Crippen molar-refractivity contribution in [2.75, 3.05) is 5.32 Å². The fourth-order valence-corrected chi connectivity index (χ4v) is 3.66. The van der Waals surface area contributed by atoms with Crippen molar-refractivity contribution < 1.29 is 13.2 Å². The van der Waals surface area contributed by atoms with Crippen molar-refractivity contribution in [2.24, 2.45) is 0 Å². The topological polar surface area (TPSA) is 77.1 Å². The molecule has 0 unspecified atom stereocenters. The summed E-state index contributed by atoms with van der Waals surface area (Å²) >= 11 is 1.28. The van der Waals surface area contributed by atoms with Crippen molar-refractivity contribution >= 4 is 22.0 Å². The van der Waals surface area contributed by atoms with Crippen LogP contribution in [0.25, 0.3) is 10.6 Å². The zero-order valence-corrected chi connectivity index (χ0v) is 16.0. The Bertz CT molecular complexity index is 1210. The first-order valence-corrected chi connectivity index (χ1v) is 9.50. The molecule has 3 heterocycles. The molecule has 7 nitrogen and oxygen atoms in total. The molecule has 0 saturated heterocycles. The summed E-state index contributed by atoms with van der Waals surface area (Å²) in [6.45, 7) is 1.88. The number of alkyl halides is 3. The number of nitrogens with one attached hydrogen (secondary N) is 1. The molecule has 4 aromatic rings. The van der Waals surface area contributed by atoms with Gasteiger partial charge in [-0.05, 0) is 30.7 Å². The second-order valence-corrected chi connectivity index (χ2v) is 7.20. The normalized spacial score (nSPS) is 11.9. The van der Waals surface area contributed by atoms with Gasteiger partial charge in [-0.25, -0.2) is 9.67 Å². The Morgan fingerprint density at radius 3 is 2.76 bits per heavy atom. The highest BCUT2D eigenvalue weighted by molar-refractivity contribution is 7.16. The number of aryl methyl sites for hydroxylation is 1. The summed E-state index contributed by atoms with van der Waals surface area (Å²) in [6.07, 6.45) is -0.841. The van der Waals surface area contributed by atoms with Crippen LogP contribution in [-0.4, -0.2) is 24.4 Å². The maximum absolute atomic E-state index is 13.6. The molecule has 1 N–H and O–H groups in total. The highest BCUT2D eigenvalue weighted by Crippen LogP contribution is 2.36. The van der Waals surface area contributed by atoms with Gasteiger partial charge in [-0.2, -0.15) is 27.9 Å². The van der Waals surface area contributed by atoms with E-state index in [0.717, 1.165) is 11.1 Å². The van der Waals surface area contributed by atoms with Gasteiger partial charge in [0.2, 0.25) is 4.96 Å². The lowest BCUT2D eigenvalue weighted by Gasteiger charge is -2.16. The van der Waals surface area contributed by atoms with Gasteiger partial charge in [0.15, 0.2) is 0 Å². The smallest absolute Gasteiger partial charge is 0.379 e. The van der Waals surface area contributed by atoms with Crippen molar-refractivity contribution in [3.63, 3.8) is 0 Å². The number of rotatable bonds is 5. The van der Waals surface area contributed by atoms with Crippen molar-refractivity contribution in [2.45, 2.75) is 26.1 Å². The maximum Gasteiger partial charge on any atom is 0.418 e. The fraction of sp³-hybridized carbons (Fsp3) is 0.222. The van der Waals surface area contributed by atoms with Crippen LogP contribution in [0.1, 0.15) is 23.2 Å².